The Kier molecular flexibility index (Phi) is 4.06. The van der Waals surface area contributed by atoms with Gasteiger partial charge in [0.15, 0.2) is 0 Å². The van der Waals surface area contributed by atoms with E-state index in [-0.39, 0.29) is 17.3 Å². The quantitative estimate of drug-likeness (QED) is 0.786. The molecule has 1 aromatic rings. The van der Waals surface area contributed by atoms with Gasteiger partial charge in [0.1, 0.15) is 11.0 Å². The fraction of sp³-hybridized carbons (Fsp3) is 0.500. The molecule has 0 radical (unpaired) electrons. The first-order valence-corrected chi connectivity index (χ1v) is 5.39. The lowest BCUT2D eigenvalue weighted by Gasteiger charge is -2.13. The van der Waals surface area contributed by atoms with Crippen molar-refractivity contribution in [1.82, 2.24) is 9.55 Å². The molecule has 0 aromatic carbocycles. The molecule has 1 rings (SSSR count). The van der Waals surface area contributed by atoms with Gasteiger partial charge in [-0.25, -0.2) is 4.98 Å². The van der Waals surface area contributed by atoms with E-state index in [1.165, 1.54) is 10.6 Å². The van der Waals surface area contributed by atoms with Gasteiger partial charge in [0, 0.05) is 19.0 Å². The number of carbonyl (C=O) groups excluding carboxylic acids is 1. The third-order valence-corrected chi connectivity index (χ3v) is 2.51. The molecule has 16 heavy (non-hydrogen) atoms. The van der Waals surface area contributed by atoms with E-state index in [0.29, 0.717) is 12.2 Å². The molecule has 0 fully saturated rings. The van der Waals surface area contributed by atoms with Crippen molar-refractivity contribution in [3.63, 3.8) is 0 Å². The summed E-state index contributed by atoms with van der Waals surface area (Å²) in [4.78, 5) is 26.6. The average Bonchev–Trinajstić information content (AvgIpc) is 2.21. The van der Waals surface area contributed by atoms with Gasteiger partial charge in [0.25, 0.3) is 5.56 Å². The summed E-state index contributed by atoms with van der Waals surface area (Å²) in [6.45, 7) is 3.77. The number of primary amides is 1. The largest absolute Gasteiger partial charge is 0.369 e. The molecule has 0 bridgehead atoms. The molecular weight excluding hydrogens is 230 g/mol. The molecule has 0 aliphatic heterocycles. The summed E-state index contributed by atoms with van der Waals surface area (Å²) >= 11 is 5.68. The highest BCUT2D eigenvalue weighted by Gasteiger charge is 2.13. The summed E-state index contributed by atoms with van der Waals surface area (Å²) in [5, 5.41) is 0.171. The monoisotopic (exact) mass is 243 g/mol. The Morgan fingerprint density at radius 3 is 2.81 bits per heavy atom. The number of rotatable bonds is 4. The lowest BCUT2D eigenvalue weighted by molar-refractivity contribution is -0.121. The average molecular weight is 244 g/mol. The lowest BCUT2D eigenvalue weighted by Crippen LogP contribution is -2.32. The van der Waals surface area contributed by atoms with Crippen LogP contribution in [-0.4, -0.2) is 15.5 Å². The van der Waals surface area contributed by atoms with Crippen LogP contribution in [0.3, 0.4) is 0 Å². The first-order valence-electron chi connectivity index (χ1n) is 5.01. The van der Waals surface area contributed by atoms with Crippen molar-refractivity contribution in [2.24, 2.45) is 11.7 Å². The maximum Gasteiger partial charge on any atom is 0.255 e. The summed E-state index contributed by atoms with van der Waals surface area (Å²) in [5.41, 5.74) is 4.90. The Balaban J connectivity index is 3.12. The zero-order chi connectivity index (χ0) is 12.3. The molecule has 2 N–H and O–H groups in total. The molecule has 5 nitrogen and oxygen atoms in total. The maximum atomic E-state index is 11.7. The van der Waals surface area contributed by atoms with Crippen molar-refractivity contribution >= 4 is 17.5 Å². The van der Waals surface area contributed by atoms with Crippen LogP contribution in [0.4, 0.5) is 0 Å². The first kappa shape index (κ1) is 12.7. The van der Waals surface area contributed by atoms with Crippen LogP contribution in [0.15, 0.2) is 10.9 Å². The first-order chi connectivity index (χ1) is 7.45. The molecule has 1 amide bonds. The minimum Gasteiger partial charge on any atom is -0.369 e. The topological polar surface area (TPSA) is 78.0 Å². The molecule has 0 aliphatic carbocycles. The molecule has 0 spiro atoms. The summed E-state index contributed by atoms with van der Waals surface area (Å²) in [6, 6.07) is 1.23. The van der Waals surface area contributed by atoms with E-state index >= 15 is 0 Å². The number of nitrogens with two attached hydrogens (primary N) is 1. The van der Waals surface area contributed by atoms with E-state index in [1.54, 1.807) is 6.92 Å². The predicted octanol–water partition coefficient (Wildman–Crippen LogP) is 0.580. The normalized spacial score (nSPS) is 12.4. The fourth-order valence-corrected chi connectivity index (χ4v) is 1.54. The van der Waals surface area contributed by atoms with Gasteiger partial charge in [-0.05, 0) is 0 Å². The Bertz CT molecular complexity index is 456. The van der Waals surface area contributed by atoms with Crippen molar-refractivity contribution < 1.29 is 4.79 Å². The number of carbonyl (C=O) groups is 1. The number of nitrogens with zero attached hydrogens (tertiary/aromatic N) is 2. The number of aromatic nitrogens is 2. The fourth-order valence-electron chi connectivity index (χ4n) is 1.35. The van der Waals surface area contributed by atoms with E-state index in [1.807, 2.05) is 6.92 Å². The molecule has 1 atom stereocenters. The predicted molar refractivity (Wildman–Crippen MR) is 61.2 cm³/mol. The third-order valence-electron chi connectivity index (χ3n) is 2.31. The molecule has 1 unspecified atom stereocenters. The van der Waals surface area contributed by atoms with Crippen LogP contribution in [0.2, 0.25) is 5.15 Å². The van der Waals surface area contributed by atoms with E-state index in [2.05, 4.69) is 4.98 Å². The second-order valence-corrected chi connectivity index (χ2v) is 3.99. The van der Waals surface area contributed by atoms with Crippen molar-refractivity contribution in [3.8, 4) is 0 Å². The Hall–Kier alpha value is -1.36. The van der Waals surface area contributed by atoms with E-state index < -0.39 is 11.8 Å². The van der Waals surface area contributed by atoms with Crippen LogP contribution in [-0.2, 0) is 17.8 Å². The summed E-state index contributed by atoms with van der Waals surface area (Å²) < 4.78 is 1.43. The zero-order valence-electron chi connectivity index (χ0n) is 9.24. The SMILES string of the molecule is CCc1nc(Cl)cc(=O)n1CC(C)C(N)=O. The minimum atomic E-state index is -0.441. The Morgan fingerprint density at radius 2 is 2.31 bits per heavy atom. The Morgan fingerprint density at radius 1 is 1.69 bits per heavy atom. The van der Waals surface area contributed by atoms with Crippen LogP contribution in [0, 0.1) is 5.92 Å². The van der Waals surface area contributed by atoms with Gasteiger partial charge >= 0.3 is 0 Å². The highest BCUT2D eigenvalue weighted by atomic mass is 35.5. The van der Waals surface area contributed by atoms with Crippen molar-refractivity contribution in [3.05, 3.63) is 27.4 Å². The molecule has 88 valence electrons. The van der Waals surface area contributed by atoms with Crippen LogP contribution < -0.4 is 11.3 Å². The van der Waals surface area contributed by atoms with Gasteiger partial charge in [-0.1, -0.05) is 25.4 Å². The van der Waals surface area contributed by atoms with Gasteiger partial charge < -0.3 is 5.73 Å². The Labute approximate surface area is 98.2 Å². The number of aryl methyl sites for hydroxylation is 1. The number of hydrogen-bond acceptors (Lipinski definition) is 3. The zero-order valence-corrected chi connectivity index (χ0v) is 9.99. The standard InChI is InChI=1S/C10H14ClN3O2/c1-3-8-13-7(11)4-9(15)14(8)5-6(2)10(12)16/h4,6H,3,5H2,1-2H3,(H2,12,16). The molecule has 1 aromatic heterocycles. The second-order valence-electron chi connectivity index (χ2n) is 3.60. The van der Waals surface area contributed by atoms with Crippen LogP contribution in [0.5, 0.6) is 0 Å². The number of halogens is 1. The van der Waals surface area contributed by atoms with Gasteiger partial charge in [-0.2, -0.15) is 0 Å². The van der Waals surface area contributed by atoms with Gasteiger partial charge in [0.2, 0.25) is 5.91 Å². The number of amides is 1. The molecule has 1 heterocycles. The molecule has 0 saturated carbocycles. The van der Waals surface area contributed by atoms with E-state index in [4.69, 9.17) is 17.3 Å². The molecular formula is C10H14ClN3O2. The highest BCUT2D eigenvalue weighted by Crippen LogP contribution is 2.05. The smallest absolute Gasteiger partial charge is 0.255 e. The van der Waals surface area contributed by atoms with Crippen molar-refractivity contribution in [1.29, 1.82) is 0 Å². The van der Waals surface area contributed by atoms with Gasteiger partial charge in [-0.15, -0.1) is 0 Å². The van der Waals surface area contributed by atoms with E-state index in [0.717, 1.165) is 0 Å². The van der Waals surface area contributed by atoms with Crippen molar-refractivity contribution in [2.75, 3.05) is 0 Å². The third kappa shape index (κ3) is 2.82. The van der Waals surface area contributed by atoms with Crippen LogP contribution in [0.1, 0.15) is 19.7 Å². The summed E-state index contributed by atoms with van der Waals surface area (Å²) in [6.07, 6.45) is 0.571. The second kappa shape index (κ2) is 5.12. The molecule has 6 heteroatoms. The number of hydrogen-bond donors (Lipinski definition) is 1. The van der Waals surface area contributed by atoms with Crippen molar-refractivity contribution in [2.45, 2.75) is 26.8 Å². The van der Waals surface area contributed by atoms with Gasteiger partial charge in [0.05, 0.1) is 5.92 Å². The van der Waals surface area contributed by atoms with Gasteiger partial charge in [-0.3, -0.25) is 14.2 Å². The van der Waals surface area contributed by atoms with Crippen LogP contribution in [0.25, 0.3) is 0 Å². The maximum absolute atomic E-state index is 11.7. The summed E-state index contributed by atoms with van der Waals surface area (Å²) in [5.74, 6) is -0.291. The minimum absolute atomic E-state index is 0.171. The summed E-state index contributed by atoms with van der Waals surface area (Å²) in [7, 11) is 0. The highest BCUT2D eigenvalue weighted by molar-refractivity contribution is 6.29. The van der Waals surface area contributed by atoms with E-state index in [9.17, 15) is 9.59 Å². The van der Waals surface area contributed by atoms with Crippen LogP contribution >= 0.6 is 11.6 Å². The molecule has 0 aliphatic rings. The lowest BCUT2D eigenvalue weighted by atomic mass is 10.1. The molecule has 0 saturated heterocycles.